The van der Waals surface area contributed by atoms with Gasteiger partial charge in [0.2, 0.25) is 0 Å². The molecule has 0 saturated heterocycles. The Hall–Kier alpha value is -3.32. The number of amides is 1. The monoisotopic (exact) mass is 447 g/mol. The molecule has 1 amide bonds. The van der Waals surface area contributed by atoms with E-state index in [0.29, 0.717) is 31.7 Å². The molecule has 3 aromatic rings. The van der Waals surface area contributed by atoms with E-state index in [1.54, 1.807) is 22.7 Å². The first kappa shape index (κ1) is 20.6. The number of aromatic nitrogens is 1. The van der Waals surface area contributed by atoms with Gasteiger partial charge in [-0.25, -0.2) is 8.42 Å². The molecule has 0 fully saturated rings. The number of benzene rings is 2. The third kappa shape index (κ3) is 3.52. The number of rotatable bonds is 4. The highest BCUT2D eigenvalue weighted by atomic mass is 32.2. The highest BCUT2D eigenvalue weighted by Gasteiger charge is 2.33. The van der Waals surface area contributed by atoms with E-state index in [9.17, 15) is 13.2 Å². The first-order valence-electron chi connectivity index (χ1n) is 10.8. The molecule has 3 heterocycles. The molecule has 0 N–H and O–H groups in total. The van der Waals surface area contributed by atoms with Gasteiger partial charge >= 0.3 is 0 Å². The maximum Gasteiger partial charge on any atom is 0.270 e. The summed E-state index contributed by atoms with van der Waals surface area (Å²) in [7, 11) is -2.01. The Balaban J connectivity index is 1.37. The Morgan fingerprint density at radius 3 is 2.44 bits per heavy atom. The summed E-state index contributed by atoms with van der Waals surface area (Å²) in [6.45, 7) is 1.53. The molecule has 0 unspecified atom stereocenters. The Bertz CT molecular complexity index is 1310. The highest BCUT2D eigenvalue weighted by molar-refractivity contribution is 7.92. The number of sulfonamides is 1. The zero-order chi connectivity index (χ0) is 22.3. The number of carbonyl (C=O) groups is 1. The van der Waals surface area contributed by atoms with Crippen LogP contribution in [0.2, 0.25) is 0 Å². The number of hydrogen-bond acceptors (Lipinski definition) is 3. The number of aryl methyl sites for hydroxylation is 1. The second-order valence-corrected chi connectivity index (χ2v) is 10.1. The molecule has 32 heavy (non-hydrogen) atoms. The molecule has 164 valence electrons. The lowest BCUT2D eigenvalue weighted by atomic mass is 9.99. The lowest BCUT2D eigenvalue weighted by Crippen LogP contribution is -2.35. The van der Waals surface area contributed by atoms with Crippen molar-refractivity contribution in [2.45, 2.75) is 17.7 Å². The Kier molecular flexibility index (Phi) is 5.13. The summed E-state index contributed by atoms with van der Waals surface area (Å²) in [6.07, 6.45) is 5.09. The largest absolute Gasteiger partial charge is 0.345 e. The smallest absolute Gasteiger partial charge is 0.270 e. The van der Waals surface area contributed by atoms with Crippen LogP contribution in [-0.2, 0) is 23.5 Å². The molecule has 7 heteroatoms. The zero-order valence-electron chi connectivity index (χ0n) is 17.9. The number of carbonyl (C=O) groups excluding carboxylic acids is 1. The van der Waals surface area contributed by atoms with Crippen molar-refractivity contribution in [2.24, 2.45) is 7.05 Å². The predicted molar refractivity (Wildman–Crippen MR) is 125 cm³/mol. The van der Waals surface area contributed by atoms with Crippen LogP contribution >= 0.6 is 0 Å². The van der Waals surface area contributed by atoms with Crippen LogP contribution in [0.3, 0.4) is 0 Å². The van der Waals surface area contributed by atoms with Gasteiger partial charge < -0.3 is 9.47 Å². The van der Waals surface area contributed by atoms with E-state index >= 15 is 0 Å². The maximum atomic E-state index is 13.3. The Morgan fingerprint density at radius 1 is 0.938 bits per heavy atom. The van der Waals surface area contributed by atoms with Gasteiger partial charge in [-0.3, -0.25) is 9.10 Å². The van der Waals surface area contributed by atoms with Gasteiger partial charge in [0, 0.05) is 32.9 Å². The van der Waals surface area contributed by atoms with Gasteiger partial charge in [-0.15, -0.1) is 0 Å². The minimum atomic E-state index is -3.73. The average molecular weight is 448 g/mol. The number of para-hydroxylation sites is 1. The molecule has 1 aromatic heterocycles. The molecule has 0 saturated carbocycles. The van der Waals surface area contributed by atoms with Crippen LogP contribution in [0.5, 0.6) is 0 Å². The summed E-state index contributed by atoms with van der Waals surface area (Å²) < 4.78 is 29.7. The summed E-state index contributed by atoms with van der Waals surface area (Å²) in [5, 5.41) is 0. The van der Waals surface area contributed by atoms with E-state index in [0.717, 1.165) is 17.7 Å². The van der Waals surface area contributed by atoms with Crippen LogP contribution in [0.4, 0.5) is 5.69 Å². The molecule has 0 aliphatic carbocycles. The number of fused-ring (bicyclic) bond motifs is 1. The normalized spacial score (nSPS) is 16.1. The predicted octanol–water partition coefficient (Wildman–Crippen LogP) is 3.71. The van der Waals surface area contributed by atoms with Crippen molar-refractivity contribution in [1.82, 2.24) is 9.47 Å². The molecule has 0 radical (unpaired) electrons. The zero-order valence-corrected chi connectivity index (χ0v) is 18.8. The van der Waals surface area contributed by atoms with Crippen molar-refractivity contribution >= 4 is 27.2 Å². The second kappa shape index (κ2) is 7.98. The fourth-order valence-electron chi connectivity index (χ4n) is 4.50. The number of anilines is 1. The van der Waals surface area contributed by atoms with Crippen LogP contribution in [-0.4, -0.2) is 43.4 Å². The van der Waals surface area contributed by atoms with Crippen molar-refractivity contribution in [3.63, 3.8) is 0 Å². The van der Waals surface area contributed by atoms with E-state index < -0.39 is 10.0 Å². The minimum Gasteiger partial charge on any atom is -0.345 e. The van der Waals surface area contributed by atoms with Gasteiger partial charge in [0.1, 0.15) is 10.6 Å². The molecule has 0 bridgehead atoms. The summed E-state index contributed by atoms with van der Waals surface area (Å²) in [5.41, 5.74) is 4.54. The SMILES string of the molecule is Cn1cc(S(=O)(=O)N2CCc3ccccc32)cc1C(=O)N1CC=C(c2ccccc2)CC1. The molecule has 6 nitrogen and oxygen atoms in total. The molecule has 0 atom stereocenters. The lowest BCUT2D eigenvalue weighted by Gasteiger charge is -2.26. The average Bonchev–Trinajstić information content (AvgIpc) is 3.44. The van der Waals surface area contributed by atoms with Crippen LogP contribution in [0.25, 0.3) is 5.57 Å². The first-order chi connectivity index (χ1) is 15.4. The van der Waals surface area contributed by atoms with E-state index in [1.807, 2.05) is 42.5 Å². The topological polar surface area (TPSA) is 62.6 Å². The molecular weight excluding hydrogens is 422 g/mol. The molecule has 0 spiro atoms. The van der Waals surface area contributed by atoms with Crippen LogP contribution in [0.15, 0.2) is 77.8 Å². The van der Waals surface area contributed by atoms with Gasteiger partial charge in [-0.1, -0.05) is 54.6 Å². The maximum absolute atomic E-state index is 13.3. The fourth-order valence-corrected chi connectivity index (χ4v) is 6.08. The molecule has 5 rings (SSSR count). The summed E-state index contributed by atoms with van der Waals surface area (Å²) in [4.78, 5) is 15.1. The molecular formula is C25H25N3O3S. The van der Waals surface area contributed by atoms with Crippen LogP contribution < -0.4 is 4.31 Å². The number of nitrogens with zero attached hydrogens (tertiary/aromatic N) is 3. The third-order valence-electron chi connectivity index (χ3n) is 6.27. The van der Waals surface area contributed by atoms with Crippen molar-refractivity contribution in [1.29, 1.82) is 0 Å². The first-order valence-corrected chi connectivity index (χ1v) is 12.2. The van der Waals surface area contributed by atoms with Crippen molar-refractivity contribution in [3.8, 4) is 0 Å². The fraction of sp³-hybridized carbons (Fsp3) is 0.240. The molecule has 2 aliphatic heterocycles. The van der Waals surface area contributed by atoms with Crippen molar-refractivity contribution in [3.05, 3.63) is 89.8 Å². The third-order valence-corrected chi connectivity index (χ3v) is 8.05. The second-order valence-electron chi connectivity index (χ2n) is 8.22. The lowest BCUT2D eigenvalue weighted by molar-refractivity contribution is 0.0763. The van der Waals surface area contributed by atoms with E-state index in [-0.39, 0.29) is 10.8 Å². The quantitative estimate of drug-likeness (QED) is 0.613. The van der Waals surface area contributed by atoms with E-state index in [2.05, 4.69) is 18.2 Å². The van der Waals surface area contributed by atoms with Gasteiger partial charge in [0.05, 0.1) is 5.69 Å². The summed E-state index contributed by atoms with van der Waals surface area (Å²) in [6, 6.07) is 19.2. The van der Waals surface area contributed by atoms with Crippen molar-refractivity contribution in [2.75, 3.05) is 23.9 Å². The van der Waals surface area contributed by atoms with Crippen molar-refractivity contribution < 1.29 is 13.2 Å². The van der Waals surface area contributed by atoms with Gasteiger partial charge in [0.25, 0.3) is 15.9 Å². The number of hydrogen-bond donors (Lipinski definition) is 0. The summed E-state index contributed by atoms with van der Waals surface area (Å²) in [5.74, 6) is -0.154. The standard InChI is InChI=1S/C25H25N3O3S/c1-26-18-22(32(30,31)28-16-13-21-9-5-6-10-23(21)28)17-24(26)25(29)27-14-11-20(12-15-27)19-7-3-2-4-8-19/h2-11,17-18H,12-16H2,1H3. The van der Waals surface area contributed by atoms with Gasteiger partial charge in [-0.05, 0) is 41.7 Å². The molecule has 2 aromatic carbocycles. The minimum absolute atomic E-state index is 0.151. The highest BCUT2D eigenvalue weighted by Crippen LogP contribution is 2.33. The van der Waals surface area contributed by atoms with Gasteiger partial charge in [0.15, 0.2) is 0 Å². The van der Waals surface area contributed by atoms with E-state index in [4.69, 9.17) is 0 Å². The van der Waals surface area contributed by atoms with Crippen LogP contribution in [0.1, 0.15) is 28.0 Å². The Morgan fingerprint density at radius 2 is 1.69 bits per heavy atom. The van der Waals surface area contributed by atoms with Crippen LogP contribution in [0, 0.1) is 0 Å². The summed E-state index contributed by atoms with van der Waals surface area (Å²) >= 11 is 0. The van der Waals surface area contributed by atoms with E-state index in [1.165, 1.54) is 21.5 Å². The van der Waals surface area contributed by atoms with Gasteiger partial charge in [-0.2, -0.15) is 0 Å². The Labute approximate surface area is 188 Å². The molecule has 2 aliphatic rings.